The van der Waals surface area contributed by atoms with Gasteiger partial charge in [-0.25, -0.2) is 0 Å². The molecular formula is C24H25N3O2. The number of amides is 1. The summed E-state index contributed by atoms with van der Waals surface area (Å²) in [6, 6.07) is 19.8. The van der Waals surface area contributed by atoms with Gasteiger partial charge in [0.25, 0.3) is 11.5 Å². The highest BCUT2D eigenvalue weighted by molar-refractivity contribution is 6.08. The van der Waals surface area contributed by atoms with Crippen LogP contribution in [0.4, 0.5) is 0 Å². The van der Waals surface area contributed by atoms with E-state index in [1.807, 2.05) is 61.0 Å². The molecule has 4 rings (SSSR count). The van der Waals surface area contributed by atoms with Crippen LogP contribution in [0.2, 0.25) is 0 Å². The molecule has 0 bridgehead atoms. The van der Waals surface area contributed by atoms with Crippen molar-refractivity contribution in [1.29, 1.82) is 0 Å². The number of rotatable bonds is 5. The number of hydrogen-bond donors (Lipinski definition) is 1. The van der Waals surface area contributed by atoms with E-state index in [9.17, 15) is 9.59 Å². The lowest BCUT2D eigenvalue weighted by Gasteiger charge is -2.14. The van der Waals surface area contributed by atoms with Crippen LogP contribution in [0.5, 0.6) is 0 Å². The average molecular weight is 387 g/mol. The van der Waals surface area contributed by atoms with E-state index in [4.69, 9.17) is 0 Å². The van der Waals surface area contributed by atoms with Gasteiger partial charge in [-0.15, -0.1) is 0 Å². The van der Waals surface area contributed by atoms with Crippen molar-refractivity contribution in [2.75, 3.05) is 0 Å². The van der Waals surface area contributed by atoms with Gasteiger partial charge in [-0.2, -0.15) is 0 Å². The Kier molecular flexibility index (Phi) is 4.97. The smallest absolute Gasteiger partial charge is 0.268 e. The van der Waals surface area contributed by atoms with Gasteiger partial charge < -0.3 is 14.5 Å². The molecule has 4 aromatic rings. The van der Waals surface area contributed by atoms with Gasteiger partial charge in [0.2, 0.25) is 0 Å². The second kappa shape index (κ2) is 7.59. The molecule has 0 radical (unpaired) electrons. The summed E-state index contributed by atoms with van der Waals surface area (Å²) in [5.41, 5.74) is 3.32. The molecule has 2 heterocycles. The minimum Gasteiger partial charge on any atom is -0.348 e. The molecule has 0 unspecified atom stereocenters. The first-order valence-electron chi connectivity index (χ1n) is 9.89. The summed E-state index contributed by atoms with van der Waals surface area (Å²) in [6.45, 7) is 2.01. The van der Waals surface area contributed by atoms with Gasteiger partial charge in [0, 0.05) is 25.5 Å². The molecule has 148 valence electrons. The lowest BCUT2D eigenvalue weighted by atomic mass is 10.1. The number of carbonyl (C=O) groups excluding carboxylic acids is 1. The van der Waals surface area contributed by atoms with Crippen molar-refractivity contribution in [3.63, 3.8) is 0 Å². The van der Waals surface area contributed by atoms with Crippen LogP contribution in [0, 0.1) is 0 Å². The van der Waals surface area contributed by atoms with Crippen LogP contribution in [-0.2, 0) is 20.5 Å². The molecule has 2 aromatic heterocycles. The fourth-order valence-electron chi connectivity index (χ4n) is 3.96. The van der Waals surface area contributed by atoms with E-state index in [0.717, 1.165) is 29.3 Å². The predicted octanol–water partition coefficient (Wildman–Crippen LogP) is 3.78. The first-order chi connectivity index (χ1) is 14.0. The number of benzene rings is 2. The van der Waals surface area contributed by atoms with Crippen molar-refractivity contribution in [3.8, 4) is 0 Å². The molecule has 0 aliphatic carbocycles. The Balaban J connectivity index is 1.63. The molecule has 0 saturated heterocycles. The number of fused-ring (bicyclic) bond motifs is 3. The lowest BCUT2D eigenvalue weighted by molar-refractivity contribution is 0.0930. The van der Waals surface area contributed by atoms with Crippen LogP contribution < -0.4 is 10.9 Å². The highest BCUT2D eigenvalue weighted by atomic mass is 16.2. The third kappa shape index (κ3) is 3.44. The third-order valence-corrected chi connectivity index (χ3v) is 5.61. The molecule has 0 spiro atoms. The SMILES string of the molecule is C[C@H](CCc1ccccc1)NC(=O)c1cc2c(=O)n(C)c3ccccc3c2n1C. The van der Waals surface area contributed by atoms with Crippen LogP contribution in [-0.4, -0.2) is 21.1 Å². The molecule has 29 heavy (non-hydrogen) atoms. The van der Waals surface area contributed by atoms with Crippen molar-refractivity contribution in [2.45, 2.75) is 25.8 Å². The van der Waals surface area contributed by atoms with Crippen LogP contribution in [0.15, 0.2) is 65.5 Å². The Labute approximate surface area is 169 Å². The van der Waals surface area contributed by atoms with E-state index in [0.29, 0.717) is 11.1 Å². The van der Waals surface area contributed by atoms with Gasteiger partial charge in [-0.3, -0.25) is 9.59 Å². The van der Waals surface area contributed by atoms with Gasteiger partial charge in [-0.05, 0) is 37.5 Å². The zero-order valence-corrected chi connectivity index (χ0v) is 17.0. The minimum atomic E-state index is -0.157. The summed E-state index contributed by atoms with van der Waals surface area (Å²) < 4.78 is 3.47. The Hall–Kier alpha value is -3.34. The Bertz CT molecular complexity index is 1250. The van der Waals surface area contributed by atoms with Gasteiger partial charge >= 0.3 is 0 Å². The zero-order chi connectivity index (χ0) is 20.5. The fourth-order valence-corrected chi connectivity index (χ4v) is 3.96. The van der Waals surface area contributed by atoms with E-state index in [2.05, 4.69) is 17.4 Å². The summed E-state index contributed by atoms with van der Waals surface area (Å²) in [5, 5.41) is 4.61. The molecule has 0 aliphatic heterocycles. The van der Waals surface area contributed by atoms with E-state index in [1.54, 1.807) is 17.7 Å². The molecule has 1 atom stereocenters. The largest absolute Gasteiger partial charge is 0.348 e. The van der Waals surface area contributed by atoms with Crippen molar-refractivity contribution >= 4 is 27.7 Å². The third-order valence-electron chi connectivity index (χ3n) is 5.61. The number of nitrogens with one attached hydrogen (secondary N) is 1. The molecule has 0 fully saturated rings. The predicted molar refractivity (Wildman–Crippen MR) is 117 cm³/mol. The van der Waals surface area contributed by atoms with Gasteiger partial charge in [-0.1, -0.05) is 48.5 Å². The highest BCUT2D eigenvalue weighted by Gasteiger charge is 2.19. The van der Waals surface area contributed by atoms with Crippen molar-refractivity contribution < 1.29 is 4.79 Å². The van der Waals surface area contributed by atoms with Crippen LogP contribution in [0.1, 0.15) is 29.4 Å². The Morgan fingerprint density at radius 1 is 0.966 bits per heavy atom. The maximum absolute atomic E-state index is 12.9. The Morgan fingerprint density at radius 3 is 2.41 bits per heavy atom. The van der Waals surface area contributed by atoms with E-state index in [1.165, 1.54) is 5.56 Å². The number of aryl methyl sites for hydroxylation is 3. The summed E-state index contributed by atoms with van der Waals surface area (Å²) in [7, 11) is 3.61. The number of para-hydroxylation sites is 1. The molecular weight excluding hydrogens is 362 g/mol. The van der Waals surface area contributed by atoms with Gasteiger partial charge in [0.1, 0.15) is 5.69 Å². The highest BCUT2D eigenvalue weighted by Crippen LogP contribution is 2.25. The van der Waals surface area contributed by atoms with E-state index < -0.39 is 0 Å². The summed E-state index contributed by atoms with van der Waals surface area (Å²) in [4.78, 5) is 25.8. The first kappa shape index (κ1) is 19.0. The second-order valence-electron chi connectivity index (χ2n) is 7.63. The molecule has 1 N–H and O–H groups in total. The maximum Gasteiger partial charge on any atom is 0.268 e. The summed E-state index contributed by atoms with van der Waals surface area (Å²) >= 11 is 0. The molecule has 0 aliphatic rings. The number of nitrogens with zero attached hydrogens (tertiary/aromatic N) is 2. The summed E-state index contributed by atoms with van der Waals surface area (Å²) in [5.74, 6) is -0.157. The average Bonchev–Trinajstić information content (AvgIpc) is 3.09. The number of pyridine rings is 1. The second-order valence-corrected chi connectivity index (χ2v) is 7.63. The molecule has 1 amide bonds. The van der Waals surface area contributed by atoms with Crippen molar-refractivity contribution in [3.05, 3.63) is 82.3 Å². The van der Waals surface area contributed by atoms with Crippen LogP contribution in [0.3, 0.4) is 0 Å². The normalized spacial score (nSPS) is 12.4. The van der Waals surface area contributed by atoms with Crippen LogP contribution >= 0.6 is 0 Å². The van der Waals surface area contributed by atoms with Gasteiger partial charge in [0.15, 0.2) is 0 Å². The quantitative estimate of drug-likeness (QED) is 0.567. The standard InChI is InChI=1S/C24H25N3O2/c1-16(13-14-17-9-5-4-6-10-17)25-23(28)21-15-19-22(26(21)2)18-11-7-8-12-20(18)27(3)24(19)29/h4-12,15-16H,13-14H2,1-3H3,(H,25,28)/t16-/m1/s1. The Morgan fingerprint density at radius 2 is 1.66 bits per heavy atom. The first-order valence-corrected chi connectivity index (χ1v) is 9.89. The molecule has 2 aromatic carbocycles. The zero-order valence-electron chi connectivity index (χ0n) is 17.0. The maximum atomic E-state index is 12.9. The number of carbonyl (C=O) groups is 1. The number of aromatic nitrogens is 2. The monoisotopic (exact) mass is 387 g/mol. The summed E-state index contributed by atoms with van der Waals surface area (Å²) in [6.07, 6.45) is 1.76. The van der Waals surface area contributed by atoms with Crippen molar-refractivity contribution in [2.24, 2.45) is 14.1 Å². The lowest BCUT2D eigenvalue weighted by Crippen LogP contribution is -2.34. The fraction of sp³-hybridized carbons (Fsp3) is 0.250. The van der Waals surface area contributed by atoms with Crippen LogP contribution in [0.25, 0.3) is 21.8 Å². The van der Waals surface area contributed by atoms with Gasteiger partial charge in [0.05, 0.1) is 16.4 Å². The molecule has 5 heteroatoms. The minimum absolute atomic E-state index is 0.0281. The topological polar surface area (TPSA) is 56.0 Å². The van der Waals surface area contributed by atoms with E-state index >= 15 is 0 Å². The van der Waals surface area contributed by atoms with E-state index in [-0.39, 0.29) is 17.5 Å². The molecule has 5 nitrogen and oxygen atoms in total. The molecule has 0 saturated carbocycles. The number of hydrogen-bond acceptors (Lipinski definition) is 2. The van der Waals surface area contributed by atoms with Crippen molar-refractivity contribution in [1.82, 2.24) is 14.5 Å².